The molecule has 3 rings (SSSR count). The van der Waals surface area contributed by atoms with Gasteiger partial charge in [0.25, 0.3) is 11.6 Å². The summed E-state index contributed by atoms with van der Waals surface area (Å²) in [5.74, 6) is -2.10. The summed E-state index contributed by atoms with van der Waals surface area (Å²) in [4.78, 5) is 48.5. The highest BCUT2D eigenvalue weighted by molar-refractivity contribution is 6.00. The third-order valence-corrected chi connectivity index (χ3v) is 4.80. The molecule has 0 saturated carbocycles. The number of hydrogen-bond donors (Lipinski definition) is 1. The molecule has 2 amide bonds. The van der Waals surface area contributed by atoms with Crippen LogP contribution in [0, 0.1) is 29.9 Å². The van der Waals surface area contributed by atoms with Crippen molar-refractivity contribution in [2.24, 2.45) is 5.92 Å². The number of rotatable bonds is 6. The predicted molar refractivity (Wildman–Crippen MR) is 109 cm³/mol. The lowest BCUT2D eigenvalue weighted by Gasteiger charge is -2.19. The molecule has 9 nitrogen and oxygen atoms in total. The van der Waals surface area contributed by atoms with Crippen LogP contribution in [0.5, 0.6) is 0 Å². The van der Waals surface area contributed by atoms with E-state index in [0.717, 1.165) is 16.8 Å². The van der Waals surface area contributed by atoms with Crippen molar-refractivity contribution in [1.82, 2.24) is 0 Å². The first-order valence-electron chi connectivity index (χ1n) is 9.33. The molecule has 2 aromatic carbocycles. The van der Waals surface area contributed by atoms with Crippen molar-refractivity contribution in [3.63, 3.8) is 0 Å². The molecule has 0 bridgehead atoms. The molecule has 1 atom stereocenters. The number of carbonyl (C=O) groups excluding carboxylic acids is 3. The number of hydrogen-bond acceptors (Lipinski definition) is 6. The van der Waals surface area contributed by atoms with Crippen molar-refractivity contribution in [1.29, 1.82) is 0 Å². The predicted octanol–water partition coefficient (Wildman–Crippen LogP) is 2.75. The number of benzene rings is 2. The molecule has 1 heterocycles. The summed E-state index contributed by atoms with van der Waals surface area (Å²) < 4.78 is 5.06. The fourth-order valence-electron chi connectivity index (χ4n) is 3.26. The van der Waals surface area contributed by atoms with Crippen molar-refractivity contribution < 1.29 is 24.0 Å². The average Bonchev–Trinajstić information content (AvgIpc) is 3.09. The molecule has 156 valence electrons. The lowest BCUT2D eigenvalue weighted by atomic mass is 10.1. The number of non-ortho nitro benzene ring substituents is 1. The van der Waals surface area contributed by atoms with Crippen LogP contribution in [0.2, 0.25) is 0 Å². The zero-order valence-electron chi connectivity index (χ0n) is 16.6. The molecule has 0 aromatic heterocycles. The Morgan fingerprint density at radius 1 is 1.23 bits per heavy atom. The first-order valence-corrected chi connectivity index (χ1v) is 9.33. The summed E-state index contributed by atoms with van der Waals surface area (Å²) in [5.41, 5.74) is 2.76. The topological polar surface area (TPSA) is 119 Å². The van der Waals surface area contributed by atoms with Crippen LogP contribution in [0.4, 0.5) is 17.1 Å². The first kappa shape index (κ1) is 21.0. The molecule has 1 aliphatic rings. The summed E-state index contributed by atoms with van der Waals surface area (Å²) in [5, 5.41) is 13.2. The zero-order valence-corrected chi connectivity index (χ0v) is 16.6. The first-order chi connectivity index (χ1) is 14.2. The third kappa shape index (κ3) is 4.80. The summed E-state index contributed by atoms with van der Waals surface area (Å²) in [6, 6.07) is 11.2. The second-order valence-electron chi connectivity index (χ2n) is 7.16. The van der Waals surface area contributed by atoms with Gasteiger partial charge in [0.1, 0.15) is 0 Å². The molecule has 1 aliphatic heterocycles. The summed E-state index contributed by atoms with van der Waals surface area (Å²) in [6.07, 6.45) is 0.0126. The van der Waals surface area contributed by atoms with E-state index in [1.807, 2.05) is 32.0 Å². The van der Waals surface area contributed by atoms with Crippen molar-refractivity contribution in [2.45, 2.75) is 20.3 Å². The van der Waals surface area contributed by atoms with Gasteiger partial charge in [0.15, 0.2) is 6.61 Å². The van der Waals surface area contributed by atoms with Gasteiger partial charge in [0, 0.05) is 36.5 Å². The molecule has 1 fully saturated rings. The molecule has 1 saturated heterocycles. The van der Waals surface area contributed by atoms with E-state index in [0.29, 0.717) is 0 Å². The molecule has 9 heteroatoms. The van der Waals surface area contributed by atoms with Gasteiger partial charge in [-0.15, -0.1) is 0 Å². The van der Waals surface area contributed by atoms with Gasteiger partial charge in [0.05, 0.1) is 10.8 Å². The number of amides is 2. The van der Waals surface area contributed by atoms with Gasteiger partial charge in [-0.1, -0.05) is 18.2 Å². The molecule has 0 spiro atoms. The maximum Gasteiger partial charge on any atom is 0.311 e. The Kier molecular flexibility index (Phi) is 6.10. The highest BCUT2D eigenvalue weighted by atomic mass is 16.6. The molecule has 30 heavy (non-hydrogen) atoms. The Bertz CT molecular complexity index is 1020. The largest absolute Gasteiger partial charge is 0.455 e. The monoisotopic (exact) mass is 411 g/mol. The lowest BCUT2D eigenvalue weighted by Crippen LogP contribution is -2.28. The average molecular weight is 411 g/mol. The van der Waals surface area contributed by atoms with Crippen LogP contribution < -0.4 is 10.2 Å². The standard InChI is InChI=1S/C21H21N3O6/c1-13-6-7-14(2)18(8-13)23-11-15(9-20(23)26)21(27)30-12-19(25)22-16-4-3-5-17(10-16)24(28)29/h3-8,10,15H,9,11-12H2,1-2H3,(H,22,25)/t15-/m1/s1. The Hall–Kier alpha value is -3.75. The minimum atomic E-state index is -0.664. The van der Waals surface area contributed by atoms with Gasteiger partial charge >= 0.3 is 5.97 Å². The van der Waals surface area contributed by atoms with Crippen molar-refractivity contribution in [2.75, 3.05) is 23.4 Å². The number of aryl methyl sites for hydroxylation is 2. The quantitative estimate of drug-likeness (QED) is 0.443. The van der Waals surface area contributed by atoms with Gasteiger partial charge in [-0.25, -0.2) is 0 Å². The van der Waals surface area contributed by atoms with E-state index in [2.05, 4.69) is 5.32 Å². The minimum Gasteiger partial charge on any atom is -0.455 e. The Labute approximate surface area is 172 Å². The summed E-state index contributed by atoms with van der Waals surface area (Å²) >= 11 is 0. The normalized spacial score (nSPS) is 15.7. The molecular weight excluding hydrogens is 390 g/mol. The number of esters is 1. The number of nitro benzene ring substituents is 1. The fraction of sp³-hybridized carbons (Fsp3) is 0.286. The number of nitrogens with zero attached hydrogens (tertiary/aromatic N) is 2. The smallest absolute Gasteiger partial charge is 0.311 e. The Morgan fingerprint density at radius 2 is 2.00 bits per heavy atom. The van der Waals surface area contributed by atoms with Crippen LogP contribution in [0.1, 0.15) is 17.5 Å². The number of nitro groups is 1. The maximum atomic E-state index is 12.4. The highest BCUT2D eigenvalue weighted by Gasteiger charge is 2.36. The van der Waals surface area contributed by atoms with Crippen LogP contribution >= 0.6 is 0 Å². The maximum absolute atomic E-state index is 12.4. The zero-order chi connectivity index (χ0) is 21.8. The number of ether oxygens (including phenoxy) is 1. The third-order valence-electron chi connectivity index (χ3n) is 4.80. The van der Waals surface area contributed by atoms with E-state index >= 15 is 0 Å². The van der Waals surface area contributed by atoms with Crippen molar-refractivity contribution >= 4 is 34.8 Å². The van der Waals surface area contributed by atoms with E-state index < -0.39 is 29.3 Å². The SMILES string of the molecule is Cc1ccc(C)c(N2C[C@H](C(=O)OCC(=O)Nc3cccc([N+](=O)[O-])c3)CC2=O)c1. The van der Waals surface area contributed by atoms with E-state index in [1.165, 1.54) is 24.3 Å². The van der Waals surface area contributed by atoms with Crippen molar-refractivity contribution in [3.8, 4) is 0 Å². The van der Waals surface area contributed by atoms with Gasteiger partial charge < -0.3 is 15.0 Å². The number of carbonyl (C=O) groups is 3. The van der Waals surface area contributed by atoms with E-state index in [4.69, 9.17) is 4.74 Å². The molecule has 0 aliphatic carbocycles. The molecule has 0 unspecified atom stereocenters. The Morgan fingerprint density at radius 3 is 2.73 bits per heavy atom. The number of anilines is 2. The summed E-state index contributed by atoms with van der Waals surface area (Å²) in [6.45, 7) is 3.46. The van der Waals surface area contributed by atoms with Crippen LogP contribution in [0.25, 0.3) is 0 Å². The van der Waals surface area contributed by atoms with Crippen LogP contribution in [0.3, 0.4) is 0 Å². The molecular formula is C21H21N3O6. The lowest BCUT2D eigenvalue weighted by molar-refractivity contribution is -0.384. The Balaban J connectivity index is 1.56. The summed E-state index contributed by atoms with van der Waals surface area (Å²) in [7, 11) is 0. The van der Waals surface area contributed by atoms with E-state index in [1.54, 1.807) is 4.90 Å². The van der Waals surface area contributed by atoms with Gasteiger partial charge in [0.2, 0.25) is 5.91 Å². The van der Waals surface area contributed by atoms with Crippen molar-refractivity contribution in [3.05, 3.63) is 63.7 Å². The van der Waals surface area contributed by atoms with Gasteiger partial charge in [-0.2, -0.15) is 0 Å². The second kappa shape index (κ2) is 8.73. The van der Waals surface area contributed by atoms with E-state index in [-0.39, 0.29) is 30.2 Å². The van der Waals surface area contributed by atoms with E-state index in [9.17, 15) is 24.5 Å². The molecule has 0 radical (unpaired) electrons. The van der Waals surface area contributed by atoms with Gasteiger partial charge in [-0.05, 0) is 37.1 Å². The number of nitrogens with one attached hydrogen (secondary N) is 1. The molecule has 2 aromatic rings. The van der Waals surface area contributed by atoms with Crippen LogP contribution in [-0.4, -0.2) is 35.9 Å². The minimum absolute atomic E-state index is 0.0126. The second-order valence-corrected chi connectivity index (χ2v) is 7.16. The fourth-order valence-corrected chi connectivity index (χ4v) is 3.26. The van der Waals surface area contributed by atoms with Crippen LogP contribution in [-0.2, 0) is 19.1 Å². The molecule has 1 N–H and O–H groups in total. The highest BCUT2D eigenvalue weighted by Crippen LogP contribution is 2.29. The van der Waals surface area contributed by atoms with Gasteiger partial charge in [-0.3, -0.25) is 24.5 Å². The van der Waals surface area contributed by atoms with Crippen LogP contribution in [0.15, 0.2) is 42.5 Å².